The van der Waals surface area contributed by atoms with Crippen LogP contribution in [-0.4, -0.2) is 24.4 Å². The van der Waals surface area contributed by atoms with Gasteiger partial charge in [-0.25, -0.2) is 9.97 Å². The van der Waals surface area contributed by atoms with Gasteiger partial charge < -0.3 is 10.3 Å². The van der Waals surface area contributed by atoms with Crippen LogP contribution in [0.25, 0.3) is 0 Å². The Morgan fingerprint density at radius 1 is 1.50 bits per heavy atom. The van der Waals surface area contributed by atoms with Crippen molar-refractivity contribution in [3.8, 4) is 0 Å². The van der Waals surface area contributed by atoms with Crippen LogP contribution in [0, 0.1) is 17.0 Å². The van der Waals surface area contributed by atoms with E-state index in [0.717, 1.165) is 11.8 Å². The fourth-order valence-electron chi connectivity index (χ4n) is 1.38. The predicted molar refractivity (Wildman–Crippen MR) is 65.2 cm³/mol. The number of rotatable bonds is 3. The van der Waals surface area contributed by atoms with Crippen LogP contribution in [0.15, 0.2) is 22.6 Å². The highest BCUT2D eigenvalue weighted by atomic mass is 32.2. The topological polar surface area (TPSA) is 113 Å². The molecule has 0 unspecified atom stereocenters. The van der Waals surface area contributed by atoms with Crippen LogP contribution in [0.2, 0.25) is 0 Å². The summed E-state index contributed by atoms with van der Waals surface area (Å²) in [5.74, 6) is 0.00908. The number of aromatic nitrogens is 4. The molecule has 9 heteroatoms. The molecule has 0 amide bonds. The maximum atomic E-state index is 11.0. The van der Waals surface area contributed by atoms with Crippen molar-refractivity contribution in [1.29, 1.82) is 0 Å². The molecule has 2 aromatic rings. The number of nitrogen functional groups attached to an aromatic ring is 1. The second kappa shape index (κ2) is 4.61. The van der Waals surface area contributed by atoms with Crippen LogP contribution in [0.5, 0.6) is 0 Å². The van der Waals surface area contributed by atoms with Gasteiger partial charge in [0.1, 0.15) is 5.69 Å². The number of hydrogen-bond donors (Lipinski definition) is 1. The summed E-state index contributed by atoms with van der Waals surface area (Å²) in [5.41, 5.74) is 5.61. The van der Waals surface area contributed by atoms with Crippen molar-refractivity contribution in [1.82, 2.24) is 19.5 Å². The van der Waals surface area contributed by atoms with E-state index in [1.807, 2.05) is 0 Å². The van der Waals surface area contributed by atoms with Crippen LogP contribution >= 0.6 is 11.8 Å². The van der Waals surface area contributed by atoms with Crippen molar-refractivity contribution in [2.75, 3.05) is 5.73 Å². The number of anilines is 1. The molecular formula is C9H10N6O2S. The zero-order valence-corrected chi connectivity index (χ0v) is 10.5. The van der Waals surface area contributed by atoms with Crippen molar-refractivity contribution >= 4 is 23.4 Å². The Bertz CT molecular complexity index is 611. The number of nitrogens with two attached hydrogens (primary N) is 1. The van der Waals surface area contributed by atoms with Gasteiger partial charge in [0.05, 0.1) is 4.92 Å². The zero-order valence-electron chi connectivity index (χ0n) is 9.69. The molecule has 0 aliphatic rings. The van der Waals surface area contributed by atoms with Gasteiger partial charge in [0.15, 0.2) is 10.2 Å². The summed E-state index contributed by atoms with van der Waals surface area (Å²) in [6.45, 7) is 1.53. The van der Waals surface area contributed by atoms with Gasteiger partial charge in [-0.3, -0.25) is 10.1 Å². The summed E-state index contributed by atoms with van der Waals surface area (Å²) >= 11 is 1.08. The van der Waals surface area contributed by atoms with E-state index < -0.39 is 4.92 Å². The first-order chi connectivity index (χ1) is 8.49. The van der Waals surface area contributed by atoms with Crippen LogP contribution in [0.4, 0.5) is 11.6 Å². The molecule has 0 radical (unpaired) electrons. The Kier molecular flexibility index (Phi) is 3.15. The summed E-state index contributed by atoms with van der Waals surface area (Å²) in [4.78, 5) is 22.3. The maximum Gasteiger partial charge on any atom is 0.322 e. The predicted octanol–water partition coefficient (Wildman–Crippen LogP) is 1.16. The van der Waals surface area contributed by atoms with E-state index in [1.165, 1.54) is 6.92 Å². The first-order valence-electron chi connectivity index (χ1n) is 4.92. The van der Waals surface area contributed by atoms with Gasteiger partial charge in [-0.2, -0.15) is 4.98 Å². The molecular weight excluding hydrogens is 256 g/mol. The van der Waals surface area contributed by atoms with Gasteiger partial charge in [0, 0.05) is 19.4 Å². The Morgan fingerprint density at radius 2 is 2.22 bits per heavy atom. The van der Waals surface area contributed by atoms with Crippen molar-refractivity contribution in [2.45, 2.75) is 17.1 Å². The largest absolute Gasteiger partial charge is 0.368 e. The third kappa shape index (κ3) is 2.25. The van der Waals surface area contributed by atoms with Gasteiger partial charge in [0.2, 0.25) is 5.95 Å². The standard InChI is InChI=1S/C9H10N6O2S/c1-5-6(15(16)17)7(13-8(10)12-5)18-9-11-3-4-14(9)2/h3-4H,1-2H3,(H2,10,12,13). The van der Waals surface area contributed by atoms with Gasteiger partial charge in [-0.15, -0.1) is 0 Å². The molecule has 0 saturated heterocycles. The van der Waals surface area contributed by atoms with E-state index >= 15 is 0 Å². The van der Waals surface area contributed by atoms with E-state index in [1.54, 1.807) is 24.0 Å². The molecule has 2 rings (SSSR count). The first kappa shape index (κ1) is 12.3. The Balaban J connectivity index is 2.49. The summed E-state index contributed by atoms with van der Waals surface area (Å²) in [6, 6.07) is 0. The average Bonchev–Trinajstić information content (AvgIpc) is 2.62. The van der Waals surface area contributed by atoms with E-state index in [4.69, 9.17) is 5.73 Å². The molecule has 2 aromatic heterocycles. The van der Waals surface area contributed by atoms with Gasteiger partial charge >= 0.3 is 5.69 Å². The highest BCUT2D eigenvalue weighted by Crippen LogP contribution is 2.33. The smallest absolute Gasteiger partial charge is 0.322 e. The molecule has 18 heavy (non-hydrogen) atoms. The van der Waals surface area contributed by atoms with Gasteiger partial charge in [-0.1, -0.05) is 0 Å². The van der Waals surface area contributed by atoms with Gasteiger partial charge in [-0.05, 0) is 18.7 Å². The molecule has 0 aromatic carbocycles. The second-order valence-corrected chi connectivity index (χ2v) is 4.46. The molecule has 94 valence electrons. The molecule has 0 bridgehead atoms. The van der Waals surface area contributed by atoms with E-state index in [0.29, 0.717) is 5.16 Å². The Hall–Kier alpha value is -2.16. The second-order valence-electron chi connectivity index (χ2n) is 3.50. The lowest BCUT2D eigenvalue weighted by molar-refractivity contribution is -0.389. The number of aryl methyl sites for hydroxylation is 2. The highest BCUT2D eigenvalue weighted by molar-refractivity contribution is 7.99. The number of nitrogens with zero attached hydrogens (tertiary/aromatic N) is 5. The number of imidazole rings is 1. The lowest BCUT2D eigenvalue weighted by atomic mass is 10.4. The molecule has 2 heterocycles. The zero-order chi connectivity index (χ0) is 13.3. The van der Waals surface area contributed by atoms with Crippen LogP contribution in [0.1, 0.15) is 5.69 Å². The molecule has 0 aliphatic carbocycles. The molecule has 8 nitrogen and oxygen atoms in total. The molecule has 0 spiro atoms. The molecule has 2 N–H and O–H groups in total. The number of hydrogen-bond acceptors (Lipinski definition) is 7. The van der Waals surface area contributed by atoms with E-state index in [9.17, 15) is 10.1 Å². The lowest BCUT2D eigenvalue weighted by Gasteiger charge is -2.04. The summed E-state index contributed by atoms with van der Waals surface area (Å²) < 4.78 is 1.74. The minimum Gasteiger partial charge on any atom is -0.368 e. The number of nitro groups is 1. The summed E-state index contributed by atoms with van der Waals surface area (Å²) in [5, 5.41) is 11.8. The third-order valence-corrected chi connectivity index (χ3v) is 3.25. The quantitative estimate of drug-likeness (QED) is 0.503. The normalized spacial score (nSPS) is 10.6. The minimum atomic E-state index is -0.514. The van der Waals surface area contributed by atoms with Crippen molar-refractivity contribution in [3.05, 3.63) is 28.2 Å². The average molecular weight is 266 g/mol. The molecule has 0 fully saturated rings. The fourth-order valence-corrected chi connectivity index (χ4v) is 2.33. The lowest BCUT2D eigenvalue weighted by Crippen LogP contribution is -2.04. The van der Waals surface area contributed by atoms with Crippen molar-refractivity contribution in [2.24, 2.45) is 7.05 Å². The van der Waals surface area contributed by atoms with Gasteiger partial charge in [0.25, 0.3) is 0 Å². The SMILES string of the molecule is Cc1nc(N)nc(Sc2nccn2C)c1[N+](=O)[O-]. The van der Waals surface area contributed by atoms with Crippen LogP contribution < -0.4 is 5.73 Å². The Morgan fingerprint density at radius 3 is 2.78 bits per heavy atom. The van der Waals surface area contributed by atoms with Crippen LogP contribution in [0.3, 0.4) is 0 Å². The first-order valence-corrected chi connectivity index (χ1v) is 5.74. The molecule has 0 saturated carbocycles. The third-order valence-electron chi connectivity index (χ3n) is 2.19. The summed E-state index contributed by atoms with van der Waals surface area (Å²) in [7, 11) is 1.79. The maximum absolute atomic E-state index is 11.0. The monoisotopic (exact) mass is 266 g/mol. The van der Waals surface area contributed by atoms with Crippen LogP contribution in [-0.2, 0) is 7.05 Å². The summed E-state index contributed by atoms with van der Waals surface area (Å²) in [6.07, 6.45) is 3.34. The molecule has 0 aliphatic heterocycles. The highest BCUT2D eigenvalue weighted by Gasteiger charge is 2.23. The van der Waals surface area contributed by atoms with Crippen molar-refractivity contribution < 1.29 is 4.92 Å². The minimum absolute atomic E-state index is 0.00908. The fraction of sp³-hybridized carbons (Fsp3) is 0.222. The van der Waals surface area contributed by atoms with E-state index in [-0.39, 0.29) is 22.4 Å². The molecule has 0 atom stereocenters. The van der Waals surface area contributed by atoms with E-state index in [2.05, 4.69) is 15.0 Å². The van der Waals surface area contributed by atoms with Crippen molar-refractivity contribution in [3.63, 3.8) is 0 Å². The Labute approximate surface area is 106 Å².